The molecule has 0 aliphatic heterocycles. The van der Waals surface area contributed by atoms with Crippen molar-refractivity contribution >= 4 is 11.8 Å². The van der Waals surface area contributed by atoms with E-state index in [2.05, 4.69) is 22.2 Å². The zero-order valence-corrected chi connectivity index (χ0v) is 7.46. The van der Waals surface area contributed by atoms with Gasteiger partial charge in [0.15, 0.2) is 0 Å². The lowest BCUT2D eigenvalue weighted by molar-refractivity contribution is 0.905. The van der Waals surface area contributed by atoms with Crippen LogP contribution in [-0.4, -0.2) is 17.0 Å². The van der Waals surface area contributed by atoms with E-state index < -0.39 is 0 Å². The lowest BCUT2D eigenvalue weighted by Crippen LogP contribution is -2.03. The first-order valence-electron chi connectivity index (χ1n) is 4.07. The number of nitrogens with two attached hydrogens (primary N) is 1. The van der Waals surface area contributed by atoms with Gasteiger partial charge in [0, 0.05) is 18.8 Å². The van der Waals surface area contributed by atoms with Crippen LogP contribution in [0.3, 0.4) is 0 Å². The Bertz CT molecular complexity index is 259. The fourth-order valence-electron chi connectivity index (χ4n) is 1.09. The largest absolute Gasteiger partial charge is 0.373 e. The Morgan fingerprint density at radius 1 is 1.58 bits per heavy atom. The van der Waals surface area contributed by atoms with Crippen molar-refractivity contribution in [3.05, 3.63) is 11.8 Å². The molecule has 0 radical (unpaired) electrons. The van der Waals surface area contributed by atoms with Crippen molar-refractivity contribution < 1.29 is 0 Å². The SMILES string of the molecule is CCCc1cnc(N)nc1NC. The van der Waals surface area contributed by atoms with Gasteiger partial charge in [0.1, 0.15) is 5.82 Å². The van der Waals surface area contributed by atoms with Crippen LogP contribution in [0.2, 0.25) is 0 Å². The summed E-state index contributed by atoms with van der Waals surface area (Å²) in [6.45, 7) is 2.12. The molecule has 0 aromatic carbocycles. The number of nitrogen functional groups attached to an aromatic ring is 1. The average molecular weight is 166 g/mol. The minimum atomic E-state index is 0.319. The van der Waals surface area contributed by atoms with Crippen molar-refractivity contribution in [3.63, 3.8) is 0 Å². The number of aromatic nitrogens is 2. The number of rotatable bonds is 3. The highest BCUT2D eigenvalue weighted by molar-refractivity contribution is 5.45. The fraction of sp³-hybridized carbons (Fsp3) is 0.500. The molecule has 0 atom stereocenters. The molecule has 1 rings (SSSR count). The molecule has 1 heterocycles. The minimum Gasteiger partial charge on any atom is -0.373 e. The highest BCUT2D eigenvalue weighted by atomic mass is 15.1. The van der Waals surface area contributed by atoms with E-state index in [1.54, 1.807) is 6.20 Å². The summed E-state index contributed by atoms with van der Waals surface area (Å²) >= 11 is 0. The Morgan fingerprint density at radius 2 is 2.33 bits per heavy atom. The molecule has 0 aliphatic rings. The smallest absolute Gasteiger partial charge is 0.221 e. The number of aryl methyl sites for hydroxylation is 1. The molecule has 0 spiro atoms. The number of hydrogen-bond donors (Lipinski definition) is 2. The average Bonchev–Trinajstić information content (AvgIpc) is 2.08. The summed E-state index contributed by atoms with van der Waals surface area (Å²) < 4.78 is 0. The lowest BCUT2D eigenvalue weighted by atomic mass is 10.2. The second-order valence-electron chi connectivity index (χ2n) is 2.60. The van der Waals surface area contributed by atoms with Gasteiger partial charge in [-0.05, 0) is 6.42 Å². The van der Waals surface area contributed by atoms with Crippen LogP contribution in [0.4, 0.5) is 11.8 Å². The summed E-state index contributed by atoms with van der Waals surface area (Å²) in [5, 5.41) is 2.99. The van der Waals surface area contributed by atoms with Crippen LogP contribution in [0.15, 0.2) is 6.20 Å². The second kappa shape index (κ2) is 3.90. The molecule has 1 aromatic heterocycles. The Labute approximate surface area is 72.2 Å². The molecular formula is C8H14N4. The van der Waals surface area contributed by atoms with Gasteiger partial charge in [-0.3, -0.25) is 0 Å². The van der Waals surface area contributed by atoms with Crippen LogP contribution in [0.25, 0.3) is 0 Å². The summed E-state index contributed by atoms with van der Waals surface area (Å²) in [6, 6.07) is 0. The first-order chi connectivity index (χ1) is 5.77. The van der Waals surface area contributed by atoms with Crippen molar-refractivity contribution in [2.45, 2.75) is 19.8 Å². The molecule has 12 heavy (non-hydrogen) atoms. The van der Waals surface area contributed by atoms with Gasteiger partial charge < -0.3 is 11.1 Å². The van der Waals surface area contributed by atoms with Gasteiger partial charge in [-0.1, -0.05) is 13.3 Å². The predicted octanol–water partition coefficient (Wildman–Crippen LogP) is 1.05. The molecule has 66 valence electrons. The molecule has 4 nitrogen and oxygen atoms in total. The maximum Gasteiger partial charge on any atom is 0.221 e. The highest BCUT2D eigenvalue weighted by Crippen LogP contribution is 2.13. The van der Waals surface area contributed by atoms with Crippen LogP contribution < -0.4 is 11.1 Å². The Kier molecular flexibility index (Phi) is 2.85. The summed E-state index contributed by atoms with van der Waals surface area (Å²) in [4.78, 5) is 8.00. The van der Waals surface area contributed by atoms with Gasteiger partial charge in [-0.25, -0.2) is 4.98 Å². The van der Waals surface area contributed by atoms with E-state index in [1.807, 2.05) is 7.05 Å². The maximum atomic E-state index is 5.44. The van der Waals surface area contributed by atoms with Gasteiger partial charge >= 0.3 is 0 Å². The molecule has 0 unspecified atom stereocenters. The van der Waals surface area contributed by atoms with Crippen LogP contribution >= 0.6 is 0 Å². The van der Waals surface area contributed by atoms with E-state index in [1.165, 1.54) is 0 Å². The number of anilines is 2. The highest BCUT2D eigenvalue weighted by Gasteiger charge is 2.01. The van der Waals surface area contributed by atoms with Crippen LogP contribution in [0.5, 0.6) is 0 Å². The normalized spacial score (nSPS) is 9.83. The molecule has 3 N–H and O–H groups in total. The van der Waals surface area contributed by atoms with Gasteiger partial charge in [0.25, 0.3) is 0 Å². The van der Waals surface area contributed by atoms with Crippen molar-refractivity contribution in [2.75, 3.05) is 18.1 Å². The lowest BCUT2D eigenvalue weighted by Gasteiger charge is -2.06. The topological polar surface area (TPSA) is 63.8 Å². The van der Waals surface area contributed by atoms with Crippen molar-refractivity contribution in [1.82, 2.24) is 9.97 Å². The van der Waals surface area contributed by atoms with E-state index in [9.17, 15) is 0 Å². The molecule has 0 bridgehead atoms. The van der Waals surface area contributed by atoms with E-state index in [-0.39, 0.29) is 0 Å². The van der Waals surface area contributed by atoms with Crippen LogP contribution in [0.1, 0.15) is 18.9 Å². The molecule has 0 aliphatic carbocycles. The van der Waals surface area contributed by atoms with Crippen LogP contribution in [0, 0.1) is 0 Å². The molecular weight excluding hydrogens is 152 g/mol. The van der Waals surface area contributed by atoms with Gasteiger partial charge in [-0.15, -0.1) is 0 Å². The van der Waals surface area contributed by atoms with Gasteiger partial charge in [-0.2, -0.15) is 4.98 Å². The quantitative estimate of drug-likeness (QED) is 0.704. The zero-order valence-electron chi connectivity index (χ0n) is 7.46. The standard InChI is InChI=1S/C8H14N4/c1-3-4-6-5-11-8(9)12-7(6)10-2/h5H,3-4H2,1-2H3,(H3,9,10,11,12). The fourth-order valence-corrected chi connectivity index (χ4v) is 1.09. The van der Waals surface area contributed by atoms with E-state index in [0.717, 1.165) is 24.2 Å². The van der Waals surface area contributed by atoms with Crippen molar-refractivity contribution in [1.29, 1.82) is 0 Å². The Hall–Kier alpha value is -1.32. The molecule has 1 aromatic rings. The Balaban J connectivity index is 2.94. The van der Waals surface area contributed by atoms with Crippen molar-refractivity contribution in [3.8, 4) is 0 Å². The Morgan fingerprint density at radius 3 is 2.92 bits per heavy atom. The first kappa shape index (κ1) is 8.77. The van der Waals surface area contributed by atoms with E-state index >= 15 is 0 Å². The maximum absolute atomic E-state index is 5.44. The van der Waals surface area contributed by atoms with Crippen LogP contribution in [-0.2, 0) is 6.42 Å². The number of nitrogens with zero attached hydrogens (tertiary/aromatic N) is 2. The molecule has 0 saturated heterocycles. The summed E-state index contributed by atoms with van der Waals surface area (Å²) in [6.07, 6.45) is 3.84. The number of nitrogens with one attached hydrogen (secondary N) is 1. The van der Waals surface area contributed by atoms with Gasteiger partial charge in [0.2, 0.25) is 5.95 Å². The predicted molar refractivity (Wildman–Crippen MR) is 50.0 cm³/mol. The molecule has 0 fully saturated rings. The second-order valence-corrected chi connectivity index (χ2v) is 2.60. The third-order valence-corrected chi connectivity index (χ3v) is 1.64. The van der Waals surface area contributed by atoms with Crippen molar-refractivity contribution in [2.24, 2.45) is 0 Å². The minimum absolute atomic E-state index is 0.319. The summed E-state index contributed by atoms with van der Waals surface area (Å²) in [5.41, 5.74) is 6.56. The third-order valence-electron chi connectivity index (χ3n) is 1.64. The van der Waals surface area contributed by atoms with E-state index in [0.29, 0.717) is 5.95 Å². The summed E-state index contributed by atoms with van der Waals surface area (Å²) in [7, 11) is 1.83. The first-order valence-corrected chi connectivity index (χ1v) is 4.07. The summed E-state index contributed by atoms with van der Waals surface area (Å²) in [5.74, 6) is 1.16. The zero-order chi connectivity index (χ0) is 8.97. The third kappa shape index (κ3) is 1.84. The van der Waals surface area contributed by atoms with E-state index in [4.69, 9.17) is 5.73 Å². The monoisotopic (exact) mass is 166 g/mol. The molecule has 0 amide bonds. The molecule has 0 saturated carbocycles. The number of hydrogen-bond acceptors (Lipinski definition) is 4. The molecule has 4 heteroatoms. The van der Waals surface area contributed by atoms with Gasteiger partial charge in [0.05, 0.1) is 0 Å².